The first kappa shape index (κ1) is 20.2. The highest BCUT2D eigenvalue weighted by Gasteiger charge is 2.31. The van der Waals surface area contributed by atoms with Crippen LogP contribution in [0.4, 0.5) is 0 Å². The van der Waals surface area contributed by atoms with E-state index in [2.05, 4.69) is 0 Å². The van der Waals surface area contributed by atoms with Gasteiger partial charge in [-0.1, -0.05) is 41.9 Å². The molecule has 3 rings (SSSR count). The van der Waals surface area contributed by atoms with Gasteiger partial charge in [0.05, 0.1) is 25.6 Å². The molecule has 2 atom stereocenters. The molecule has 0 saturated carbocycles. The van der Waals surface area contributed by atoms with Crippen molar-refractivity contribution in [1.82, 2.24) is 4.90 Å². The van der Waals surface area contributed by atoms with Crippen molar-refractivity contribution in [3.8, 4) is 5.75 Å². The number of rotatable bonds is 6. The summed E-state index contributed by atoms with van der Waals surface area (Å²) in [5.74, 6) is 0.0532. The van der Waals surface area contributed by atoms with Crippen LogP contribution in [-0.4, -0.2) is 42.5 Å². The molecule has 1 aliphatic rings. The predicted octanol–water partition coefficient (Wildman–Crippen LogP) is 2.74. The van der Waals surface area contributed by atoms with Crippen LogP contribution in [0.2, 0.25) is 5.02 Å². The van der Waals surface area contributed by atoms with E-state index in [0.717, 1.165) is 11.1 Å². The largest absolute Gasteiger partial charge is 0.484 e. The summed E-state index contributed by atoms with van der Waals surface area (Å²) in [6.07, 6.45) is -0.0876. The van der Waals surface area contributed by atoms with Crippen LogP contribution in [0.25, 0.3) is 0 Å². The molecule has 148 valence electrons. The van der Waals surface area contributed by atoms with Gasteiger partial charge in [-0.2, -0.15) is 0 Å². The average molecular weight is 403 g/mol. The van der Waals surface area contributed by atoms with E-state index in [1.807, 2.05) is 31.2 Å². The molecule has 2 aromatic rings. The summed E-state index contributed by atoms with van der Waals surface area (Å²) in [6, 6.07) is 14.4. The number of nitrogens with zero attached hydrogens (tertiary/aromatic N) is 1. The molecule has 1 heterocycles. The van der Waals surface area contributed by atoms with Crippen molar-refractivity contribution in [3.63, 3.8) is 0 Å². The first-order valence-corrected chi connectivity index (χ1v) is 9.47. The van der Waals surface area contributed by atoms with E-state index in [4.69, 9.17) is 26.8 Å². The number of carbonyl (C=O) groups excluding carboxylic acids is 2. The summed E-state index contributed by atoms with van der Waals surface area (Å²) in [5, 5.41) is 0.627. The molecule has 2 aromatic carbocycles. The number of hydrogen-bond acceptors (Lipinski definition) is 4. The maximum absolute atomic E-state index is 12.7. The predicted molar refractivity (Wildman–Crippen MR) is 106 cm³/mol. The second-order valence-corrected chi connectivity index (χ2v) is 7.22. The van der Waals surface area contributed by atoms with Gasteiger partial charge in [0.15, 0.2) is 6.61 Å². The molecule has 7 heteroatoms. The highest BCUT2D eigenvalue weighted by Crippen LogP contribution is 2.30. The van der Waals surface area contributed by atoms with Gasteiger partial charge in [-0.3, -0.25) is 9.59 Å². The molecule has 0 spiro atoms. The number of primary amides is 1. The first-order chi connectivity index (χ1) is 13.4. The molecule has 0 aromatic heterocycles. The summed E-state index contributed by atoms with van der Waals surface area (Å²) in [5.41, 5.74) is 6.86. The Hall–Kier alpha value is -2.57. The fraction of sp³-hybridized carbons (Fsp3) is 0.333. The lowest BCUT2D eigenvalue weighted by atomic mass is 10.1. The Morgan fingerprint density at radius 2 is 1.93 bits per heavy atom. The summed E-state index contributed by atoms with van der Waals surface area (Å²) >= 11 is 6.27. The number of nitrogens with two attached hydrogens (primary N) is 1. The molecular formula is C21H23ClN2O4. The first-order valence-electron chi connectivity index (χ1n) is 9.09. The van der Waals surface area contributed by atoms with Gasteiger partial charge in [0.1, 0.15) is 11.9 Å². The van der Waals surface area contributed by atoms with Crippen LogP contribution in [0.15, 0.2) is 48.5 Å². The SMILES string of the molecule is CC1COC(c2ccccc2Cl)CN1C(=O)COc1ccc(CC(N)=O)cc1. The van der Waals surface area contributed by atoms with E-state index >= 15 is 0 Å². The van der Waals surface area contributed by atoms with Crippen molar-refractivity contribution in [1.29, 1.82) is 0 Å². The molecule has 2 N–H and O–H groups in total. The van der Waals surface area contributed by atoms with Gasteiger partial charge < -0.3 is 20.1 Å². The standard InChI is InChI=1S/C21H23ClN2O4/c1-14-12-28-19(17-4-2-3-5-18(17)22)11-24(14)21(26)13-27-16-8-6-15(7-9-16)10-20(23)25/h2-9,14,19H,10-13H2,1H3,(H2,23,25). The Labute approximate surface area is 169 Å². The van der Waals surface area contributed by atoms with Crippen LogP contribution in [0.5, 0.6) is 5.75 Å². The molecule has 2 unspecified atom stereocenters. The summed E-state index contributed by atoms with van der Waals surface area (Å²) in [6.45, 7) is 2.72. The summed E-state index contributed by atoms with van der Waals surface area (Å²) < 4.78 is 11.5. The Bertz CT molecular complexity index is 841. The van der Waals surface area contributed by atoms with Crippen molar-refractivity contribution in [2.24, 2.45) is 5.73 Å². The Morgan fingerprint density at radius 3 is 2.61 bits per heavy atom. The Morgan fingerprint density at radius 1 is 1.21 bits per heavy atom. The van der Waals surface area contributed by atoms with Gasteiger partial charge in [0.25, 0.3) is 5.91 Å². The molecule has 0 radical (unpaired) electrons. The topological polar surface area (TPSA) is 81.9 Å². The molecule has 28 heavy (non-hydrogen) atoms. The van der Waals surface area contributed by atoms with Gasteiger partial charge in [-0.05, 0) is 30.7 Å². The lowest BCUT2D eigenvalue weighted by Gasteiger charge is -2.38. The van der Waals surface area contributed by atoms with Crippen molar-refractivity contribution in [2.75, 3.05) is 19.8 Å². The minimum Gasteiger partial charge on any atom is -0.484 e. The van der Waals surface area contributed by atoms with Crippen LogP contribution >= 0.6 is 11.6 Å². The quantitative estimate of drug-likeness (QED) is 0.805. The third-order valence-electron chi connectivity index (χ3n) is 4.67. The normalized spacial score (nSPS) is 19.3. The van der Waals surface area contributed by atoms with Crippen molar-refractivity contribution < 1.29 is 19.1 Å². The third-order valence-corrected chi connectivity index (χ3v) is 5.01. The average Bonchev–Trinajstić information content (AvgIpc) is 2.68. The number of morpholine rings is 1. The van der Waals surface area contributed by atoms with Gasteiger partial charge >= 0.3 is 0 Å². The molecule has 6 nitrogen and oxygen atoms in total. The Balaban J connectivity index is 1.59. The molecular weight excluding hydrogens is 380 g/mol. The van der Waals surface area contributed by atoms with E-state index in [0.29, 0.717) is 23.9 Å². The van der Waals surface area contributed by atoms with Gasteiger partial charge in [0, 0.05) is 10.6 Å². The fourth-order valence-electron chi connectivity index (χ4n) is 3.16. The van der Waals surface area contributed by atoms with E-state index in [1.165, 1.54) is 0 Å². The van der Waals surface area contributed by atoms with Gasteiger partial charge in [-0.15, -0.1) is 0 Å². The maximum Gasteiger partial charge on any atom is 0.260 e. The highest BCUT2D eigenvalue weighted by molar-refractivity contribution is 6.31. The van der Waals surface area contributed by atoms with Crippen molar-refractivity contribution >= 4 is 23.4 Å². The number of carbonyl (C=O) groups is 2. The van der Waals surface area contributed by atoms with Crippen LogP contribution < -0.4 is 10.5 Å². The van der Waals surface area contributed by atoms with E-state index < -0.39 is 5.91 Å². The van der Waals surface area contributed by atoms with E-state index in [1.54, 1.807) is 29.2 Å². The van der Waals surface area contributed by atoms with Gasteiger partial charge in [0.2, 0.25) is 5.91 Å². The molecule has 0 bridgehead atoms. The van der Waals surface area contributed by atoms with E-state index in [-0.39, 0.29) is 31.1 Å². The maximum atomic E-state index is 12.7. The minimum atomic E-state index is -0.391. The summed E-state index contributed by atoms with van der Waals surface area (Å²) in [7, 11) is 0. The van der Waals surface area contributed by atoms with Gasteiger partial charge in [-0.25, -0.2) is 0 Å². The van der Waals surface area contributed by atoms with Crippen LogP contribution in [0, 0.1) is 0 Å². The Kier molecular flexibility index (Phi) is 6.54. The molecule has 1 fully saturated rings. The lowest BCUT2D eigenvalue weighted by Crippen LogP contribution is -2.49. The molecule has 1 saturated heterocycles. The number of amides is 2. The zero-order valence-electron chi connectivity index (χ0n) is 15.6. The van der Waals surface area contributed by atoms with Crippen molar-refractivity contribution in [3.05, 3.63) is 64.7 Å². The molecule has 2 amide bonds. The van der Waals surface area contributed by atoms with Crippen LogP contribution in [0.3, 0.4) is 0 Å². The number of hydrogen-bond donors (Lipinski definition) is 1. The van der Waals surface area contributed by atoms with Crippen LogP contribution in [-0.2, 0) is 20.7 Å². The monoisotopic (exact) mass is 402 g/mol. The second kappa shape index (κ2) is 9.08. The summed E-state index contributed by atoms with van der Waals surface area (Å²) in [4.78, 5) is 25.4. The third kappa shape index (κ3) is 5.03. The lowest BCUT2D eigenvalue weighted by molar-refractivity contribution is -0.146. The van der Waals surface area contributed by atoms with Crippen molar-refractivity contribution in [2.45, 2.75) is 25.5 Å². The number of halogens is 1. The van der Waals surface area contributed by atoms with E-state index in [9.17, 15) is 9.59 Å². The smallest absolute Gasteiger partial charge is 0.260 e. The minimum absolute atomic E-state index is 0.0484. The second-order valence-electron chi connectivity index (χ2n) is 6.81. The van der Waals surface area contributed by atoms with Crippen LogP contribution in [0.1, 0.15) is 24.2 Å². The highest BCUT2D eigenvalue weighted by atomic mass is 35.5. The zero-order valence-corrected chi connectivity index (χ0v) is 16.4. The number of benzene rings is 2. The number of ether oxygens (including phenoxy) is 2. The molecule has 0 aliphatic carbocycles. The molecule has 1 aliphatic heterocycles. The fourth-order valence-corrected chi connectivity index (χ4v) is 3.42. The zero-order chi connectivity index (χ0) is 20.1.